The number of ketones is 1. The normalized spacial score (nSPS) is 14.8. The molecule has 3 heterocycles. The Morgan fingerprint density at radius 1 is 1.26 bits per heavy atom. The lowest BCUT2D eigenvalue weighted by atomic mass is 10.1. The maximum atomic E-state index is 13.2. The number of methoxy groups -OCH3 is 1. The van der Waals surface area contributed by atoms with E-state index >= 15 is 0 Å². The molecule has 0 fully saturated rings. The van der Waals surface area contributed by atoms with E-state index in [-0.39, 0.29) is 30.4 Å². The molecule has 35 heavy (non-hydrogen) atoms. The van der Waals surface area contributed by atoms with Crippen LogP contribution in [0.3, 0.4) is 0 Å². The zero-order chi connectivity index (χ0) is 24.9. The fourth-order valence-electron chi connectivity index (χ4n) is 3.78. The van der Waals surface area contributed by atoms with E-state index in [9.17, 15) is 9.59 Å². The number of aromatic amines is 1. The van der Waals surface area contributed by atoms with Crippen molar-refractivity contribution in [2.24, 2.45) is 0 Å². The van der Waals surface area contributed by atoms with E-state index in [2.05, 4.69) is 20.2 Å². The fraction of sp³-hybridized carbons (Fsp3) is 0.269. The molecule has 0 radical (unpaired) electrons. The number of Topliss-reactive ketones (excluding diaryl/α,β-unsaturated/α-hetero) is 1. The van der Waals surface area contributed by atoms with E-state index in [0.29, 0.717) is 11.2 Å². The van der Waals surface area contributed by atoms with Gasteiger partial charge in [0, 0.05) is 42.7 Å². The van der Waals surface area contributed by atoms with Crippen molar-refractivity contribution >= 4 is 34.5 Å². The lowest BCUT2D eigenvalue weighted by Crippen LogP contribution is -2.18. The second-order valence-electron chi connectivity index (χ2n) is 8.43. The zero-order valence-corrected chi connectivity index (χ0v) is 20.2. The van der Waals surface area contributed by atoms with E-state index in [0.717, 1.165) is 28.7 Å². The Morgan fingerprint density at radius 2 is 2.09 bits per heavy atom. The number of pyridine rings is 1. The number of rotatable bonds is 9. The van der Waals surface area contributed by atoms with E-state index in [4.69, 9.17) is 14.2 Å². The van der Waals surface area contributed by atoms with Crippen molar-refractivity contribution in [2.45, 2.75) is 13.5 Å². The van der Waals surface area contributed by atoms with Gasteiger partial charge in [0.1, 0.15) is 12.3 Å². The fourth-order valence-corrected chi connectivity index (χ4v) is 3.78. The number of allylic oxidation sites excluding steroid dienone is 1. The smallest absolute Gasteiger partial charge is 0.347 e. The first-order chi connectivity index (χ1) is 16.9. The zero-order valence-electron chi connectivity index (χ0n) is 20.2. The van der Waals surface area contributed by atoms with Gasteiger partial charge in [0.05, 0.1) is 6.61 Å². The molecule has 0 atom stereocenters. The third kappa shape index (κ3) is 5.42. The summed E-state index contributed by atoms with van der Waals surface area (Å²) in [6, 6.07) is 9.62. The van der Waals surface area contributed by atoms with Crippen molar-refractivity contribution in [3.05, 3.63) is 76.6 Å². The molecular weight excluding hydrogens is 448 g/mol. The molecule has 0 saturated carbocycles. The van der Waals surface area contributed by atoms with Gasteiger partial charge in [0.2, 0.25) is 11.7 Å². The first kappa shape index (κ1) is 24.2. The summed E-state index contributed by atoms with van der Waals surface area (Å²) in [5.74, 6) is -1.29. The third-order valence-corrected chi connectivity index (χ3v) is 5.42. The van der Waals surface area contributed by atoms with Crippen LogP contribution in [0.15, 0.2) is 59.9 Å². The molecule has 1 aliphatic heterocycles. The van der Waals surface area contributed by atoms with Gasteiger partial charge in [-0.3, -0.25) is 4.79 Å². The molecule has 0 saturated heterocycles. The van der Waals surface area contributed by atoms with Crippen LogP contribution < -0.4 is 5.32 Å². The lowest BCUT2D eigenvalue weighted by molar-refractivity contribution is -0.141. The Balaban J connectivity index is 1.65. The molecule has 1 aromatic carbocycles. The van der Waals surface area contributed by atoms with Gasteiger partial charge in [0.15, 0.2) is 11.3 Å². The van der Waals surface area contributed by atoms with Crippen LogP contribution in [0, 0.1) is 6.92 Å². The molecule has 2 N–H and O–H groups in total. The number of fused-ring (bicyclic) bond motifs is 1. The molecular formula is C26H28N4O5. The quantitative estimate of drug-likeness (QED) is 0.210. The van der Waals surface area contributed by atoms with Crippen LogP contribution in [0.1, 0.15) is 16.7 Å². The molecule has 3 aromatic rings. The number of H-pyrrole nitrogens is 1. The summed E-state index contributed by atoms with van der Waals surface area (Å²) in [6.07, 6.45) is 5.00. The van der Waals surface area contributed by atoms with Crippen LogP contribution in [0.5, 0.6) is 0 Å². The molecule has 182 valence electrons. The second kappa shape index (κ2) is 10.5. The minimum absolute atomic E-state index is 0.0119. The van der Waals surface area contributed by atoms with Gasteiger partial charge in [-0.25, -0.2) is 9.78 Å². The molecule has 4 rings (SSSR count). The van der Waals surface area contributed by atoms with Crippen LogP contribution in [-0.4, -0.2) is 61.0 Å². The average Bonchev–Trinajstić information content (AvgIpc) is 3.36. The van der Waals surface area contributed by atoms with Gasteiger partial charge >= 0.3 is 5.97 Å². The molecule has 0 unspecified atom stereocenters. The van der Waals surface area contributed by atoms with Gasteiger partial charge in [-0.2, -0.15) is 0 Å². The van der Waals surface area contributed by atoms with E-state index in [1.54, 1.807) is 18.5 Å². The molecule has 1 aliphatic rings. The van der Waals surface area contributed by atoms with Crippen LogP contribution in [0.2, 0.25) is 0 Å². The molecule has 0 bridgehead atoms. The largest absolute Gasteiger partial charge is 0.459 e. The van der Waals surface area contributed by atoms with Gasteiger partial charge in [0.25, 0.3) is 0 Å². The van der Waals surface area contributed by atoms with Crippen molar-refractivity contribution in [2.75, 3.05) is 39.7 Å². The average molecular weight is 477 g/mol. The van der Waals surface area contributed by atoms with Crippen LogP contribution in [0.25, 0.3) is 17.1 Å². The predicted molar refractivity (Wildman–Crippen MR) is 132 cm³/mol. The van der Waals surface area contributed by atoms with Crippen molar-refractivity contribution in [1.82, 2.24) is 14.9 Å². The minimum Gasteiger partial charge on any atom is -0.459 e. The van der Waals surface area contributed by atoms with Crippen molar-refractivity contribution < 1.29 is 23.8 Å². The Bertz CT molecular complexity index is 1320. The number of anilines is 1. The highest BCUT2D eigenvalue weighted by molar-refractivity contribution is 6.26. The predicted octanol–water partition coefficient (Wildman–Crippen LogP) is 3.39. The summed E-state index contributed by atoms with van der Waals surface area (Å²) in [6.45, 7) is 2.98. The number of benzene rings is 1. The topological polar surface area (TPSA) is 106 Å². The number of carbonyl (C=O) groups excluding carboxylic acids is 2. The maximum Gasteiger partial charge on any atom is 0.347 e. The van der Waals surface area contributed by atoms with Gasteiger partial charge < -0.3 is 29.4 Å². The lowest BCUT2D eigenvalue weighted by Gasteiger charge is -2.14. The van der Waals surface area contributed by atoms with Gasteiger partial charge in [-0.1, -0.05) is 12.1 Å². The Labute approximate surface area is 203 Å². The standard InChI is InChI=1S/C26H28N4O5/c1-16-12-17(15-30(2)3)7-8-20(16)29-25-22(26(32)34-11-10-33-4)23(31)21(35-25)13-18-14-28-24-19(18)6-5-9-27-24/h5-9,12-14,29H,10-11,15H2,1-4H3,(H,27,28)/b21-13-. The van der Waals surface area contributed by atoms with E-state index in [1.807, 2.05) is 51.4 Å². The molecule has 0 spiro atoms. The summed E-state index contributed by atoms with van der Waals surface area (Å²) in [4.78, 5) is 35.5. The molecule has 9 nitrogen and oxygen atoms in total. The SMILES string of the molecule is COCCOC(=O)C1=C(Nc2ccc(CN(C)C)cc2C)O/C(=C\c2c[nH]c3ncccc23)C1=O. The number of carbonyl (C=O) groups is 2. The number of nitrogens with one attached hydrogen (secondary N) is 2. The number of esters is 1. The summed E-state index contributed by atoms with van der Waals surface area (Å²) >= 11 is 0. The monoisotopic (exact) mass is 476 g/mol. The summed E-state index contributed by atoms with van der Waals surface area (Å²) < 4.78 is 16.1. The number of hydrogen-bond donors (Lipinski definition) is 2. The molecule has 9 heteroatoms. The number of aromatic nitrogens is 2. The van der Waals surface area contributed by atoms with Gasteiger partial charge in [-0.15, -0.1) is 0 Å². The Morgan fingerprint density at radius 3 is 2.83 bits per heavy atom. The number of ether oxygens (including phenoxy) is 3. The highest BCUT2D eigenvalue weighted by Crippen LogP contribution is 2.31. The van der Waals surface area contributed by atoms with E-state index < -0.39 is 11.8 Å². The minimum atomic E-state index is -0.777. The second-order valence-corrected chi connectivity index (χ2v) is 8.43. The maximum absolute atomic E-state index is 13.2. The van der Waals surface area contributed by atoms with Crippen LogP contribution in [-0.2, 0) is 30.3 Å². The van der Waals surface area contributed by atoms with Crippen LogP contribution >= 0.6 is 0 Å². The van der Waals surface area contributed by atoms with Gasteiger partial charge in [-0.05, 0) is 56.4 Å². The molecule has 0 aliphatic carbocycles. The summed E-state index contributed by atoms with van der Waals surface area (Å²) in [5, 5.41) is 3.95. The summed E-state index contributed by atoms with van der Waals surface area (Å²) in [5.41, 5.74) is 4.01. The van der Waals surface area contributed by atoms with Crippen molar-refractivity contribution in [1.29, 1.82) is 0 Å². The Hall–Kier alpha value is -3.95. The Kier molecular flexibility index (Phi) is 7.28. The number of hydrogen-bond acceptors (Lipinski definition) is 8. The number of nitrogens with zero attached hydrogens (tertiary/aromatic N) is 2. The summed E-state index contributed by atoms with van der Waals surface area (Å²) in [7, 11) is 5.51. The van der Waals surface area contributed by atoms with Crippen LogP contribution in [0.4, 0.5) is 5.69 Å². The molecule has 2 aromatic heterocycles. The van der Waals surface area contributed by atoms with Crippen molar-refractivity contribution in [3.63, 3.8) is 0 Å². The third-order valence-electron chi connectivity index (χ3n) is 5.42. The highest BCUT2D eigenvalue weighted by Gasteiger charge is 2.37. The van der Waals surface area contributed by atoms with E-state index in [1.165, 1.54) is 7.11 Å². The first-order valence-electron chi connectivity index (χ1n) is 11.2. The highest BCUT2D eigenvalue weighted by atomic mass is 16.6. The molecule has 0 amide bonds. The first-order valence-corrected chi connectivity index (χ1v) is 11.2. The number of aryl methyl sites for hydroxylation is 1. The van der Waals surface area contributed by atoms with Crippen molar-refractivity contribution in [3.8, 4) is 0 Å².